The second-order valence-corrected chi connectivity index (χ2v) is 4.58. The third kappa shape index (κ3) is 2.77. The Balaban J connectivity index is 2.46. The molecule has 0 spiro atoms. The van der Waals surface area contributed by atoms with Crippen LogP contribution in [0.5, 0.6) is 0 Å². The van der Waals surface area contributed by atoms with Gasteiger partial charge in [0.15, 0.2) is 5.82 Å². The molecule has 0 aliphatic carbocycles. The van der Waals surface area contributed by atoms with E-state index in [1.54, 1.807) is 13.2 Å². The number of fused-ring (bicyclic) bond motifs is 1. The summed E-state index contributed by atoms with van der Waals surface area (Å²) in [5, 5.41) is 0. The highest BCUT2D eigenvalue weighted by molar-refractivity contribution is 5.76. The third-order valence-electron chi connectivity index (χ3n) is 3.26. The smallest absolute Gasteiger partial charge is 0.151 e. The first-order valence-corrected chi connectivity index (χ1v) is 6.57. The van der Waals surface area contributed by atoms with Crippen LogP contribution in [0.1, 0.15) is 19.2 Å². The number of aryl methyl sites for hydroxylation is 1. The van der Waals surface area contributed by atoms with E-state index in [9.17, 15) is 4.39 Å². The van der Waals surface area contributed by atoms with E-state index in [0.717, 1.165) is 24.3 Å². The molecule has 5 heteroatoms. The molecule has 1 unspecified atom stereocenters. The molecule has 2 aromatic rings. The molecule has 0 aliphatic rings. The lowest BCUT2D eigenvalue weighted by atomic mass is 10.2. The second-order valence-electron chi connectivity index (χ2n) is 4.58. The van der Waals surface area contributed by atoms with Crippen LogP contribution in [0, 0.1) is 5.82 Å². The summed E-state index contributed by atoms with van der Waals surface area (Å²) in [7, 11) is 1.63. The van der Waals surface area contributed by atoms with Crippen LogP contribution < -0.4 is 5.73 Å². The minimum absolute atomic E-state index is 0.0875. The molecule has 2 N–H and O–H groups in total. The average Bonchev–Trinajstić information content (AvgIpc) is 2.76. The van der Waals surface area contributed by atoms with Crippen molar-refractivity contribution >= 4 is 11.0 Å². The summed E-state index contributed by atoms with van der Waals surface area (Å²) in [6.07, 6.45) is 1.48. The molecule has 104 valence electrons. The first-order chi connectivity index (χ1) is 9.21. The lowest BCUT2D eigenvalue weighted by Crippen LogP contribution is -2.26. The number of nitrogens with zero attached hydrogens (tertiary/aromatic N) is 2. The van der Waals surface area contributed by atoms with Gasteiger partial charge in [0.25, 0.3) is 0 Å². The summed E-state index contributed by atoms with van der Waals surface area (Å²) in [5.74, 6) is 0.551. The maximum absolute atomic E-state index is 13.8. The molecule has 0 saturated heterocycles. The van der Waals surface area contributed by atoms with Gasteiger partial charge in [0.1, 0.15) is 11.3 Å². The maximum Gasteiger partial charge on any atom is 0.151 e. The summed E-state index contributed by atoms with van der Waals surface area (Å²) in [6, 6.07) is 5.05. The number of halogens is 1. The first-order valence-electron chi connectivity index (χ1n) is 6.57. The molecule has 0 bridgehead atoms. The van der Waals surface area contributed by atoms with Crippen molar-refractivity contribution in [3.8, 4) is 0 Å². The van der Waals surface area contributed by atoms with E-state index >= 15 is 0 Å². The number of methoxy groups -OCH3 is 1. The third-order valence-corrected chi connectivity index (χ3v) is 3.26. The number of para-hydroxylation sites is 1. The van der Waals surface area contributed by atoms with Crippen LogP contribution in [-0.4, -0.2) is 29.3 Å². The van der Waals surface area contributed by atoms with Crippen molar-refractivity contribution in [1.82, 2.24) is 9.55 Å². The van der Waals surface area contributed by atoms with Crippen molar-refractivity contribution in [2.45, 2.75) is 32.4 Å². The monoisotopic (exact) mass is 265 g/mol. The van der Waals surface area contributed by atoms with Gasteiger partial charge in [-0.15, -0.1) is 0 Å². The fourth-order valence-electron chi connectivity index (χ4n) is 2.26. The number of imidazole rings is 1. The Labute approximate surface area is 112 Å². The van der Waals surface area contributed by atoms with E-state index in [2.05, 4.69) is 16.5 Å². The van der Waals surface area contributed by atoms with Gasteiger partial charge in [0.2, 0.25) is 0 Å². The van der Waals surface area contributed by atoms with E-state index in [0.29, 0.717) is 18.5 Å². The Bertz CT molecular complexity index is 549. The Hall–Kier alpha value is -1.46. The fraction of sp³-hybridized carbons (Fsp3) is 0.500. The van der Waals surface area contributed by atoms with Gasteiger partial charge in [-0.05, 0) is 18.6 Å². The van der Waals surface area contributed by atoms with Crippen LogP contribution in [0.4, 0.5) is 4.39 Å². The van der Waals surface area contributed by atoms with Gasteiger partial charge in [-0.3, -0.25) is 0 Å². The molecule has 4 nitrogen and oxygen atoms in total. The van der Waals surface area contributed by atoms with Crippen molar-refractivity contribution < 1.29 is 9.13 Å². The van der Waals surface area contributed by atoms with E-state index in [4.69, 9.17) is 10.5 Å². The summed E-state index contributed by atoms with van der Waals surface area (Å²) in [4.78, 5) is 4.42. The number of nitrogens with two attached hydrogens (primary N) is 1. The van der Waals surface area contributed by atoms with Crippen molar-refractivity contribution in [3.05, 3.63) is 29.8 Å². The summed E-state index contributed by atoms with van der Waals surface area (Å²) in [6.45, 7) is 3.33. The van der Waals surface area contributed by atoms with Gasteiger partial charge in [-0.25, -0.2) is 9.37 Å². The van der Waals surface area contributed by atoms with Crippen molar-refractivity contribution in [2.24, 2.45) is 5.73 Å². The molecule has 0 radical (unpaired) electrons. The van der Waals surface area contributed by atoms with Crippen molar-refractivity contribution in [1.29, 1.82) is 0 Å². The summed E-state index contributed by atoms with van der Waals surface area (Å²) in [5.41, 5.74) is 6.91. The largest absolute Gasteiger partial charge is 0.380 e. The summed E-state index contributed by atoms with van der Waals surface area (Å²) < 4.78 is 21.1. The first kappa shape index (κ1) is 14.0. The average molecular weight is 265 g/mol. The standard InChI is InChI=1S/C14H20FN3O/c1-3-7-18-12-6-4-5-11(15)14(12)17-13(18)8-10(9-16)19-2/h4-6,10H,3,7-9,16H2,1-2H3. The van der Waals surface area contributed by atoms with Gasteiger partial charge in [0.05, 0.1) is 11.6 Å². The molecule has 2 rings (SSSR count). The zero-order chi connectivity index (χ0) is 13.8. The Morgan fingerprint density at radius 3 is 2.89 bits per heavy atom. The predicted molar refractivity (Wildman–Crippen MR) is 73.5 cm³/mol. The van der Waals surface area contributed by atoms with Crippen LogP contribution in [0.2, 0.25) is 0 Å². The molecule has 0 saturated carbocycles. The minimum atomic E-state index is -0.282. The fourth-order valence-corrected chi connectivity index (χ4v) is 2.26. The van der Waals surface area contributed by atoms with E-state index in [1.165, 1.54) is 6.07 Å². The van der Waals surface area contributed by atoms with Gasteiger partial charge >= 0.3 is 0 Å². The highest BCUT2D eigenvalue weighted by atomic mass is 19.1. The van der Waals surface area contributed by atoms with Crippen LogP contribution >= 0.6 is 0 Å². The zero-order valence-corrected chi connectivity index (χ0v) is 11.4. The number of hydrogen-bond donors (Lipinski definition) is 1. The van der Waals surface area contributed by atoms with Crippen molar-refractivity contribution in [3.63, 3.8) is 0 Å². The number of rotatable bonds is 6. The van der Waals surface area contributed by atoms with Gasteiger partial charge in [0, 0.05) is 26.6 Å². The van der Waals surface area contributed by atoms with Crippen molar-refractivity contribution in [2.75, 3.05) is 13.7 Å². The molecular formula is C14H20FN3O. The van der Waals surface area contributed by atoms with Crippen LogP contribution in [-0.2, 0) is 17.7 Å². The number of aromatic nitrogens is 2. The Morgan fingerprint density at radius 2 is 2.26 bits per heavy atom. The van der Waals surface area contributed by atoms with Crippen LogP contribution in [0.25, 0.3) is 11.0 Å². The quantitative estimate of drug-likeness (QED) is 0.870. The summed E-state index contributed by atoms with van der Waals surface area (Å²) >= 11 is 0. The van der Waals surface area contributed by atoms with Crippen LogP contribution in [0.3, 0.4) is 0 Å². The lowest BCUT2D eigenvalue weighted by molar-refractivity contribution is 0.107. The Morgan fingerprint density at radius 1 is 1.47 bits per heavy atom. The molecule has 1 aromatic heterocycles. The topological polar surface area (TPSA) is 53.1 Å². The van der Waals surface area contributed by atoms with Gasteiger partial charge in [-0.2, -0.15) is 0 Å². The maximum atomic E-state index is 13.8. The predicted octanol–water partition coefficient (Wildman–Crippen LogP) is 2.10. The van der Waals surface area contributed by atoms with Crippen LogP contribution in [0.15, 0.2) is 18.2 Å². The molecule has 19 heavy (non-hydrogen) atoms. The lowest BCUT2D eigenvalue weighted by Gasteiger charge is -2.14. The molecule has 1 heterocycles. The zero-order valence-electron chi connectivity index (χ0n) is 11.4. The van der Waals surface area contributed by atoms with E-state index in [-0.39, 0.29) is 11.9 Å². The molecule has 1 atom stereocenters. The number of benzene rings is 1. The minimum Gasteiger partial charge on any atom is -0.380 e. The molecular weight excluding hydrogens is 245 g/mol. The van der Waals surface area contributed by atoms with E-state index in [1.807, 2.05) is 6.07 Å². The number of ether oxygens (including phenoxy) is 1. The SMILES string of the molecule is CCCn1c(CC(CN)OC)nc2c(F)cccc21. The second kappa shape index (κ2) is 6.12. The van der Waals surface area contributed by atoms with Gasteiger partial charge < -0.3 is 15.0 Å². The van der Waals surface area contributed by atoms with Gasteiger partial charge in [-0.1, -0.05) is 13.0 Å². The Kier molecular flexibility index (Phi) is 4.50. The normalized spacial score (nSPS) is 13.1. The highest BCUT2D eigenvalue weighted by Crippen LogP contribution is 2.20. The molecule has 1 aromatic carbocycles. The highest BCUT2D eigenvalue weighted by Gasteiger charge is 2.16. The number of hydrogen-bond acceptors (Lipinski definition) is 3. The van der Waals surface area contributed by atoms with E-state index < -0.39 is 0 Å². The molecule has 0 aliphatic heterocycles. The molecule has 0 amide bonds. The molecule has 0 fully saturated rings.